The number of alkyl halides is 3. The van der Waals surface area contributed by atoms with Crippen LogP contribution in [-0.4, -0.2) is 55.3 Å². The lowest BCUT2D eigenvalue weighted by molar-refractivity contribution is -0.150. The normalized spacial score (nSPS) is 13.0. The van der Waals surface area contributed by atoms with Crippen LogP contribution in [0.1, 0.15) is 16.6 Å². The number of carbonyl (C=O) groups is 1. The molecule has 0 radical (unpaired) electrons. The number of nitrogens with one attached hydrogen (secondary N) is 1. The maximum atomic E-state index is 12.7. The SMILES string of the molecule is COCCN(CC(=O)NC(c1ccccc1)c1nccs1)CC(F)(F)F. The number of carbonyl (C=O) groups excluding carboxylic acids is 1. The molecular formula is C17H20F3N3O2S. The first-order chi connectivity index (χ1) is 12.4. The third kappa shape index (κ3) is 6.74. The summed E-state index contributed by atoms with van der Waals surface area (Å²) in [4.78, 5) is 17.6. The predicted octanol–water partition coefficient (Wildman–Crippen LogP) is 2.86. The lowest BCUT2D eigenvalue weighted by Crippen LogP contribution is -2.44. The first-order valence-corrected chi connectivity index (χ1v) is 8.79. The van der Waals surface area contributed by atoms with Gasteiger partial charge in [0.25, 0.3) is 0 Å². The Morgan fingerprint density at radius 1 is 1.35 bits per heavy atom. The van der Waals surface area contributed by atoms with Gasteiger partial charge in [0.1, 0.15) is 11.0 Å². The Kier molecular flexibility index (Phi) is 7.55. The van der Waals surface area contributed by atoms with Crippen molar-refractivity contribution in [2.45, 2.75) is 12.2 Å². The van der Waals surface area contributed by atoms with Gasteiger partial charge in [-0.1, -0.05) is 30.3 Å². The molecule has 1 atom stereocenters. The third-order valence-electron chi connectivity index (χ3n) is 3.52. The molecule has 2 aromatic rings. The first kappa shape index (κ1) is 20.3. The monoisotopic (exact) mass is 387 g/mol. The Balaban J connectivity index is 2.08. The summed E-state index contributed by atoms with van der Waals surface area (Å²) in [6.45, 7) is -1.43. The summed E-state index contributed by atoms with van der Waals surface area (Å²) >= 11 is 1.37. The Morgan fingerprint density at radius 2 is 2.08 bits per heavy atom. The Morgan fingerprint density at radius 3 is 2.65 bits per heavy atom. The molecule has 0 aliphatic rings. The lowest BCUT2D eigenvalue weighted by atomic mass is 10.1. The topological polar surface area (TPSA) is 54.5 Å². The fourth-order valence-corrected chi connectivity index (χ4v) is 3.12. The third-order valence-corrected chi connectivity index (χ3v) is 4.36. The van der Waals surface area contributed by atoms with E-state index in [0.717, 1.165) is 10.5 Å². The van der Waals surface area contributed by atoms with E-state index in [0.29, 0.717) is 5.01 Å². The average Bonchev–Trinajstić information content (AvgIpc) is 3.11. The maximum Gasteiger partial charge on any atom is 0.401 e. The highest BCUT2D eigenvalue weighted by Crippen LogP contribution is 2.23. The van der Waals surface area contributed by atoms with Gasteiger partial charge in [-0.25, -0.2) is 4.98 Å². The second-order valence-electron chi connectivity index (χ2n) is 5.60. The van der Waals surface area contributed by atoms with Gasteiger partial charge in [0.2, 0.25) is 5.91 Å². The van der Waals surface area contributed by atoms with Gasteiger partial charge in [0.15, 0.2) is 0 Å². The number of rotatable bonds is 9. The summed E-state index contributed by atoms with van der Waals surface area (Å²) in [7, 11) is 1.40. The van der Waals surface area contributed by atoms with Crippen LogP contribution in [0.15, 0.2) is 41.9 Å². The van der Waals surface area contributed by atoms with Gasteiger partial charge >= 0.3 is 6.18 Å². The quantitative estimate of drug-likeness (QED) is 0.719. The van der Waals surface area contributed by atoms with Crippen molar-refractivity contribution in [3.63, 3.8) is 0 Å². The van der Waals surface area contributed by atoms with Gasteiger partial charge in [-0.15, -0.1) is 11.3 Å². The molecule has 26 heavy (non-hydrogen) atoms. The molecular weight excluding hydrogens is 367 g/mol. The molecule has 1 unspecified atom stereocenters. The maximum absolute atomic E-state index is 12.7. The minimum absolute atomic E-state index is 0.0106. The minimum atomic E-state index is -4.39. The van der Waals surface area contributed by atoms with E-state index in [1.165, 1.54) is 18.4 Å². The highest BCUT2D eigenvalue weighted by Gasteiger charge is 2.31. The van der Waals surface area contributed by atoms with Gasteiger partial charge in [0, 0.05) is 25.2 Å². The van der Waals surface area contributed by atoms with Crippen LogP contribution in [0.25, 0.3) is 0 Å². The van der Waals surface area contributed by atoms with Crippen LogP contribution in [0.3, 0.4) is 0 Å². The Labute approximate surface area is 153 Å². The molecule has 1 N–H and O–H groups in total. The van der Waals surface area contributed by atoms with E-state index < -0.39 is 24.7 Å². The molecule has 9 heteroatoms. The highest BCUT2D eigenvalue weighted by molar-refractivity contribution is 7.09. The number of benzene rings is 1. The van der Waals surface area contributed by atoms with Crippen LogP contribution in [0.2, 0.25) is 0 Å². The van der Waals surface area contributed by atoms with Crippen LogP contribution in [0, 0.1) is 0 Å². The Hall–Kier alpha value is -1.97. The van der Waals surface area contributed by atoms with Crippen LogP contribution in [0.5, 0.6) is 0 Å². The van der Waals surface area contributed by atoms with Gasteiger partial charge in [-0.3, -0.25) is 9.69 Å². The smallest absolute Gasteiger partial charge is 0.383 e. The number of aromatic nitrogens is 1. The van der Waals surface area contributed by atoms with Crippen molar-refractivity contribution in [3.8, 4) is 0 Å². The number of ether oxygens (including phenoxy) is 1. The zero-order valence-corrected chi connectivity index (χ0v) is 15.0. The van der Waals surface area contributed by atoms with Crippen molar-refractivity contribution < 1.29 is 22.7 Å². The summed E-state index contributed by atoms with van der Waals surface area (Å²) < 4.78 is 43.0. The molecule has 142 valence electrons. The number of hydrogen-bond acceptors (Lipinski definition) is 5. The van der Waals surface area contributed by atoms with Gasteiger partial charge < -0.3 is 10.1 Å². The fourth-order valence-electron chi connectivity index (χ4n) is 2.41. The number of thiazole rings is 1. The van der Waals surface area contributed by atoms with E-state index in [9.17, 15) is 18.0 Å². The van der Waals surface area contributed by atoms with Crippen molar-refractivity contribution in [3.05, 3.63) is 52.5 Å². The van der Waals surface area contributed by atoms with Crippen LogP contribution in [-0.2, 0) is 9.53 Å². The van der Waals surface area contributed by atoms with E-state index in [1.807, 2.05) is 30.3 Å². The molecule has 0 saturated carbocycles. The lowest BCUT2D eigenvalue weighted by Gasteiger charge is -2.24. The largest absolute Gasteiger partial charge is 0.401 e. The molecule has 5 nitrogen and oxygen atoms in total. The minimum Gasteiger partial charge on any atom is -0.383 e. The average molecular weight is 387 g/mol. The molecule has 2 rings (SSSR count). The molecule has 0 fully saturated rings. The van der Waals surface area contributed by atoms with E-state index in [1.54, 1.807) is 11.6 Å². The molecule has 1 aromatic carbocycles. The fraction of sp³-hybridized carbons (Fsp3) is 0.412. The van der Waals surface area contributed by atoms with Gasteiger partial charge in [-0.2, -0.15) is 13.2 Å². The molecule has 0 aliphatic carbocycles. The zero-order chi connectivity index (χ0) is 19.0. The van der Waals surface area contributed by atoms with Crippen molar-refractivity contribution in [2.24, 2.45) is 0 Å². The number of nitrogens with zero attached hydrogens (tertiary/aromatic N) is 2. The number of methoxy groups -OCH3 is 1. The Bertz CT molecular complexity index is 666. The van der Waals surface area contributed by atoms with Crippen LogP contribution >= 0.6 is 11.3 Å². The second kappa shape index (κ2) is 9.65. The van der Waals surface area contributed by atoms with Gasteiger partial charge in [0.05, 0.1) is 19.7 Å². The van der Waals surface area contributed by atoms with Gasteiger partial charge in [-0.05, 0) is 5.56 Å². The summed E-state index contributed by atoms with van der Waals surface area (Å²) in [6, 6.07) is 8.68. The van der Waals surface area contributed by atoms with E-state index in [-0.39, 0.29) is 19.7 Å². The van der Waals surface area contributed by atoms with E-state index in [4.69, 9.17) is 4.74 Å². The molecule has 1 aromatic heterocycles. The predicted molar refractivity (Wildman–Crippen MR) is 92.9 cm³/mol. The number of amides is 1. The zero-order valence-electron chi connectivity index (χ0n) is 14.2. The standard InChI is InChI=1S/C17H20F3N3O2S/c1-25-9-8-23(12-17(18,19)20)11-14(24)22-15(16-21-7-10-26-16)13-5-3-2-4-6-13/h2-7,10,15H,8-9,11-12H2,1H3,(H,22,24). The number of hydrogen-bond donors (Lipinski definition) is 1. The molecule has 0 saturated heterocycles. The van der Waals surface area contributed by atoms with Crippen LogP contribution < -0.4 is 5.32 Å². The molecule has 1 amide bonds. The summed E-state index contributed by atoms with van der Waals surface area (Å²) in [5, 5.41) is 5.24. The van der Waals surface area contributed by atoms with Crippen molar-refractivity contribution in [2.75, 3.05) is 33.4 Å². The summed E-state index contributed by atoms with van der Waals surface area (Å²) in [6.07, 6.45) is -2.77. The molecule has 1 heterocycles. The summed E-state index contributed by atoms with van der Waals surface area (Å²) in [5.41, 5.74) is 0.815. The van der Waals surface area contributed by atoms with Crippen molar-refractivity contribution in [1.82, 2.24) is 15.2 Å². The van der Waals surface area contributed by atoms with Crippen molar-refractivity contribution in [1.29, 1.82) is 0 Å². The van der Waals surface area contributed by atoms with Crippen LogP contribution in [0.4, 0.5) is 13.2 Å². The van der Waals surface area contributed by atoms with E-state index >= 15 is 0 Å². The summed E-state index contributed by atoms with van der Waals surface area (Å²) in [5.74, 6) is -0.505. The van der Waals surface area contributed by atoms with E-state index in [2.05, 4.69) is 10.3 Å². The second-order valence-corrected chi connectivity index (χ2v) is 6.53. The highest BCUT2D eigenvalue weighted by atomic mass is 32.1. The molecule has 0 aliphatic heterocycles. The molecule has 0 spiro atoms. The van der Waals surface area contributed by atoms with Crippen molar-refractivity contribution >= 4 is 17.2 Å². The number of halogens is 3. The first-order valence-electron chi connectivity index (χ1n) is 7.91. The molecule has 0 bridgehead atoms.